The Morgan fingerprint density at radius 2 is 1.89 bits per heavy atom. The molecule has 15 nitrogen and oxygen atoms in total. The summed E-state index contributed by atoms with van der Waals surface area (Å²) in [7, 11) is 1.36. The number of fused-ring (bicyclic) bond motifs is 5. The average molecular weight is 740 g/mol. The van der Waals surface area contributed by atoms with E-state index in [9.17, 15) is 39.2 Å². The van der Waals surface area contributed by atoms with E-state index in [1.54, 1.807) is 25.1 Å². The van der Waals surface area contributed by atoms with Crippen molar-refractivity contribution in [3.05, 3.63) is 63.8 Å². The van der Waals surface area contributed by atoms with Crippen molar-refractivity contribution >= 4 is 35.7 Å². The number of aliphatic hydroxyl groups is 1. The summed E-state index contributed by atoms with van der Waals surface area (Å²) >= 11 is 0. The minimum absolute atomic E-state index is 0.0184. The fraction of sp³-hybridized carbons (Fsp3) is 0.553. The van der Waals surface area contributed by atoms with E-state index in [1.807, 2.05) is 19.9 Å². The first-order valence-electron chi connectivity index (χ1n) is 17.7. The fourth-order valence-corrected chi connectivity index (χ4v) is 9.15. The lowest BCUT2D eigenvalue weighted by Gasteiger charge is -2.59. The summed E-state index contributed by atoms with van der Waals surface area (Å²) in [6.07, 6.45) is 7.87. The molecule has 0 unspecified atom stereocenters. The maximum Gasteiger partial charge on any atom is 0.509 e. The highest BCUT2D eigenvalue weighted by molar-refractivity contribution is 6.01. The van der Waals surface area contributed by atoms with Crippen LogP contribution in [0.15, 0.2) is 48.1 Å². The van der Waals surface area contributed by atoms with Gasteiger partial charge in [0.25, 0.3) is 5.09 Å². The number of hydrogen-bond acceptors (Lipinski definition) is 14. The van der Waals surface area contributed by atoms with E-state index in [0.29, 0.717) is 24.8 Å². The molecule has 1 aromatic rings. The second-order valence-electron chi connectivity index (χ2n) is 14.3. The third kappa shape index (κ3) is 7.85. The number of esters is 2. The number of ketones is 2. The molecule has 15 heteroatoms. The molecule has 4 aliphatic rings. The van der Waals surface area contributed by atoms with Gasteiger partial charge in [0.2, 0.25) is 5.78 Å². The molecule has 286 valence electrons. The molecule has 0 aromatic heterocycles. The van der Waals surface area contributed by atoms with Crippen molar-refractivity contribution in [1.82, 2.24) is 0 Å². The van der Waals surface area contributed by atoms with E-state index in [-0.39, 0.29) is 73.9 Å². The van der Waals surface area contributed by atoms with Gasteiger partial charge < -0.3 is 33.6 Å². The van der Waals surface area contributed by atoms with Gasteiger partial charge >= 0.3 is 18.1 Å². The maximum atomic E-state index is 14.2. The van der Waals surface area contributed by atoms with Crippen molar-refractivity contribution in [3.63, 3.8) is 0 Å². The Balaban J connectivity index is 1.27. The summed E-state index contributed by atoms with van der Waals surface area (Å²) in [5.41, 5.74) is -1.79. The van der Waals surface area contributed by atoms with Crippen LogP contribution in [-0.4, -0.2) is 78.5 Å². The number of carbonyl (C=O) groups is 5. The average Bonchev–Trinajstić information content (AvgIpc) is 3.40. The largest absolute Gasteiger partial charge is 0.509 e. The van der Waals surface area contributed by atoms with Gasteiger partial charge in [-0.3, -0.25) is 14.4 Å². The third-order valence-corrected chi connectivity index (χ3v) is 11.5. The summed E-state index contributed by atoms with van der Waals surface area (Å²) < 4.78 is 27.0. The van der Waals surface area contributed by atoms with E-state index < -0.39 is 58.1 Å². The summed E-state index contributed by atoms with van der Waals surface area (Å²) in [6, 6.07) is 4.50. The van der Waals surface area contributed by atoms with Crippen LogP contribution in [0.25, 0.3) is 6.08 Å². The molecule has 7 atom stereocenters. The molecule has 1 N–H and O–H groups in total. The lowest BCUT2D eigenvalue weighted by Crippen LogP contribution is -2.63. The Morgan fingerprint density at radius 3 is 2.60 bits per heavy atom. The maximum absolute atomic E-state index is 14.2. The van der Waals surface area contributed by atoms with Gasteiger partial charge in [-0.15, -0.1) is 10.1 Å². The van der Waals surface area contributed by atoms with Crippen LogP contribution in [0.5, 0.6) is 11.5 Å². The molecule has 0 spiro atoms. The van der Waals surface area contributed by atoms with Crippen LogP contribution in [0.1, 0.15) is 71.3 Å². The molecule has 3 fully saturated rings. The van der Waals surface area contributed by atoms with Crippen LogP contribution in [-0.2, 0) is 38.2 Å². The van der Waals surface area contributed by atoms with Crippen molar-refractivity contribution < 1.29 is 62.7 Å². The molecule has 5 rings (SSSR count). The summed E-state index contributed by atoms with van der Waals surface area (Å²) in [5, 5.41) is 21.1. The first-order chi connectivity index (χ1) is 25.2. The van der Waals surface area contributed by atoms with Crippen molar-refractivity contribution in [2.24, 2.45) is 28.6 Å². The molecule has 1 aromatic carbocycles. The number of benzene rings is 1. The van der Waals surface area contributed by atoms with Crippen LogP contribution < -0.4 is 9.47 Å². The first kappa shape index (κ1) is 39.2. The minimum Gasteiger partial charge on any atom is -0.493 e. The predicted octanol–water partition coefficient (Wildman–Crippen LogP) is 4.91. The summed E-state index contributed by atoms with van der Waals surface area (Å²) in [4.78, 5) is 78.7. The molecular formula is C38H45NO14. The lowest BCUT2D eigenvalue weighted by molar-refractivity contribution is -0.757. The molecule has 0 amide bonds. The highest BCUT2D eigenvalue weighted by Crippen LogP contribution is 2.68. The Morgan fingerprint density at radius 1 is 1.11 bits per heavy atom. The fourth-order valence-electron chi connectivity index (χ4n) is 9.15. The number of allylic oxidation sites excluding steroid dienone is 4. The molecular weight excluding hydrogens is 694 g/mol. The highest BCUT2D eigenvalue weighted by Gasteiger charge is 2.70. The molecule has 0 saturated heterocycles. The molecule has 0 aliphatic heterocycles. The third-order valence-electron chi connectivity index (χ3n) is 11.5. The topological polar surface area (TPSA) is 204 Å². The quantitative estimate of drug-likeness (QED) is 0.0673. The van der Waals surface area contributed by atoms with Crippen LogP contribution >= 0.6 is 0 Å². The zero-order valence-corrected chi connectivity index (χ0v) is 30.2. The van der Waals surface area contributed by atoms with Crippen LogP contribution in [0.4, 0.5) is 4.79 Å². The highest BCUT2D eigenvalue weighted by atomic mass is 16.9. The van der Waals surface area contributed by atoms with Crippen molar-refractivity contribution in [2.45, 2.75) is 77.4 Å². The first-order valence-corrected chi connectivity index (χ1v) is 17.7. The van der Waals surface area contributed by atoms with Gasteiger partial charge in [-0.05, 0) is 93.2 Å². The van der Waals surface area contributed by atoms with Crippen LogP contribution in [0.3, 0.4) is 0 Å². The van der Waals surface area contributed by atoms with Gasteiger partial charge in [0.1, 0.15) is 0 Å². The molecule has 3 saturated carbocycles. The van der Waals surface area contributed by atoms with Crippen LogP contribution in [0.2, 0.25) is 0 Å². The van der Waals surface area contributed by atoms with Gasteiger partial charge in [0.15, 0.2) is 29.5 Å². The number of Topliss-reactive ketones (excluding diaryl/α,β-unsaturated/α-hetero) is 1. The van der Waals surface area contributed by atoms with Gasteiger partial charge in [-0.2, -0.15) is 0 Å². The standard InChI is InChI=1S/C38H45NO14/c1-5-49-35(45)53-38(17-15-27-26-11-10-24-20-25(40)14-16-36(24,2)34(26)28(41)21-37(27,38)3)31(42)22-50-32(43)13-9-23-8-12-29(30(19-23)48-4)52-33(44)7-6-18-51-39(46)47/h8-9,12-14,16,19-20,26-28,34,41H,5-7,10-11,15,17-18,21-22H2,1-4H3/t26-,27-,28-,34+,36-,37-,38-/m0/s1. The summed E-state index contributed by atoms with van der Waals surface area (Å²) in [6.45, 7) is 4.58. The van der Waals surface area contributed by atoms with Gasteiger partial charge in [0, 0.05) is 29.2 Å². The smallest absolute Gasteiger partial charge is 0.493 e. The van der Waals surface area contributed by atoms with E-state index in [1.165, 1.54) is 25.3 Å². The number of ether oxygens (including phenoxy) is 5. The Kier molecular flexibility index (Phi) is 11.8. The van der Waals surface area contributed by atoms with Crippen LogP contribution in [0, 0.1) is 38.7 Å². The molecule has 0 bridgehead atoms. The van der Waals surface area contributed by atoms with E-state index in [4.69, 9.17) is 23.7 Å². The number of carbonyl (C=O) groups excluding carboxylic acids is 5. The van der Waals surface area contributed by atoms with E-state index >= 15 is 0 Å². The second-order valence-corrected chi connectivity index (χ2v) is 14.3. The Bertz CT molecular complexity index is 1730. The Hall–Kier alpha value is -5.05. The predicted molar refractivity (Wildman–Crippen MR) is 185 cm³/mol. The second kappa shape index (κ2) is 15.9. The zero-order valence-electron chi connectivity index (χ0n) is 30.2. The monoisotopic (exact) mass is 739 g/mol. The number of nitrogens with zero attached hydrogens (tertiary/aromatic N) is 1. The molecule has 4 aliphatic carbocycles. The van der Waals surface area contributed by atoms with Crippen molar-refractivity contribution in [2.75, 3.05) is 26.9 Å². The van der Waals surface area contributed by atoms with Crippen molar-refractivity contribution in [1.29, 1.82) is 0 Å². The van der Waals surface area contributed by atoms with Gasteiger partial charge in [-0.1, -0.05) is 31.6 Å². The van der Waals surface area contributed by atoms with Crippen molar-refractivity contribution in [3.8, 4) is 11.5 Å². The zero-order chi connectivity index (χ0) is 38.6. The number of methoxy groups -OCH3 is 1. The SMILES string of the molecule is CCOC(=O)O[C@]1(C(=O)COC(=O)C=Cc2ccc(OC(=O)CCCO[N+](=O)[O-])c(OC)c2)CC[C@H]2[C@@H]3CCC4=CC(=O)C=C[C@]4(C)[C@H]3[C@@H](O)C[C@@]21C. The lowest BCUT2D eigenvalue weighted by atomic mass is 9.46. The van der Waals surface area contributed by atoms with E-state index in [0.717, 1.165) is 11.6 Å². The van der Waals surface area contributed by atoms with Gasteiger partial charge in [0.05, 0.1) is 26.4 Å². The normalized spacial score (nSPS) is 29.9. The Labute approximate surface area is 306 Å². The number of hydrogen-bond donors (Lipinski definition) is 1. The molecule has 0 heterocycles. The number of aliphatic hydroxyl groups excluding tert-OH is 1. The van der Waals surface area contributed by atoms with Gasteiger partial charge in [-0.25, -0.2) is 9.59 Å². The molecule has 0 radical (unpaired) electrons. The summed E-state index contributed by atoms with van der Waals surface area (Å²) in [5.74, 6) is -2.27. The minimum atomic E-state index is -1.73. The van der Waals surface area contributed by atoms with E-state index in [2.05, 4.69) is 4.84 Å². The molecule has 53 heavy (non-hydrogen) atoms. The number of rotatable bonds is 14.